The number of rotatable bonds is 3. The van der Waals surface area contributed by atoms with E-state index in [2.05, 4.69) is 0 Å². The number of hydrogen-bond acceptors (Lipinski definition) is 4. The first kappa shape index (κ1) is 11.8. The van der Waals surface area contributed by atoms with Gasteiger partial charge in [0.2, 0.25) is 0 Å². The molecule has 5 heteroatoms. The summed E-state index contributed by atoms with van der Waals surface area (Å²) in [7, 11) is 0. The number of carbonyl (C=O) groups excluding carboxylic acids is 1. The fourth-order valence-corrected chi connectivity index (χ4v) is 1.57. The second-order valence-electron chi connectivity index (χ2n) is 3.66. The molecule has 0 saturated carbocycles. The van der Waals surface area contributed by atoms with Crippen LogP contribution in [0.3, 0.4) is 0 Å². The molecule has 18 heavy (non-hydrogen) atoms. The lowest BCUT2D eigenvalue weighted by Gasteiger charge is -2.02. The van der Waals surface area contributed by atoms with Crippen LogP contribution in [0.4, 0.5) is 5.69 Å². The van der Waals surface area contributed by atoms with Gasteiger partial charge in [0, 0.05) is 17.2 Å². The Labute approximate surface area is 102 Å². The summed E-state index contributed by atoms with van der Waals surface area (Å²) in [5.74, 6) is -0.775. The average Bonchev–Trinajstić information content (AvgIpc) is 2.39. The van der Waals surface area contributed by atoms with Crippen molar-refractivity contribution in [2.45, 2.75) is 0 Å². The van der Waals surface area contributed by atoms with Crippen LogP contribution in [0.25, 0.3) is 0 Å². The van der Waals surface area contributed by atoms with Crippen molar-refractivity contribution in [1.29, 1.82) is 0 Å². The smallest absolute Gasteiger partial charge is 0.311 e. The van der Waals surface area contributed by atoms with Gasteiger partial charge in [-0.2, -0.15) is 0 Å². The minimum atomic E-state index is -0.725. The molecular formula is C13H9NO4. The van der Waals surface area contributed by atoms with Gasteiger partial charge >= 0.3 is 5.69 Å². The molecule has 0 bridgehead atoms. The maximum absolute atomic E-state index is 12.0. The molecule has 0 aliphatic heterocycles. The van der Waals surface area contributed by atoms with Gasteiger partial charge in [0.25, 0.3) is 0 Å². The number of ketones is 1. The molecular weight excluding hydrogens is 234 g/mol. The fraction of sp³-hybridized carbons (Fsp3) is 0. The molecule has 0 aliphatic rings. The van der Waals surface area contributed by atoms with Crippen LogP contribution in [-0.2, 0) is 0 Å². The minimum absolute atomic E-state index is 0.172. The Morgan fingerprint density at radius 1 is 1.06 bits per heavy atom. The summed E-state index contributed by atoms with van der Waals surface area (Å²) in [5, 5.41) is 20.0. The van der Waals surface area contributed by atoms with E-state index in [1.807, 2.05) is 0 Å². The van der Waals surface area contributed by atoms with E-state index in [-0.39, 0.29) is 11.3 Å². The number of nitro groups is 1. The fourth-order valence-electron chi connectivity index (χ4n) is 1.57. The Hall–Kier alpha value is -2.69. The lowest BCUT2D eigenvalue weighted by molar-refractivity contribution is -0.385. The van der Waals surface area contributed by atoms with Crippen molar-refractivity contribution in [3.8, 4) is 5.75 Å². The molecule has 0 spiro atoms. The van der Waals surface area contributed by atoms with Crippen molar-refractivity contribution in [2.75, 3.05) is 0 Å². The molecule has 0 fully saturated rings. The van der Waals surface area contributed by atoms with E-state index in [9.17, 15) is 20.0 Å². The van der Waals surface area contributed by atoms with Crippen LogP contribution in [0, 0.1) is 10.1 Å². The first-order chi connectivity index (χ1) is 8.59. The van der Waals surface area contributed by atoms with E-state index in [1.165, 1.54) is 6.07 Å². The molecule has 5 nitrogen and oxygen atoms in total. The summed E-state index contributed by atoms with van der Waals surface area (Å²) in [4.78, 5) is 22.0. The number of benzene rings is 2. The van der Waals surface area contributed by atoms with Crippen LogP contribution in [-0.4, -0.2) is 15.8 Å². The first-order valence-corrected chi connectivity index (χ1v) is 5.17. The van der Waals surface area contributed by atoms with E-state index in [0.717, 1.165) is 12.1 Å². The molecule has 0 amide bonds. The lowest BCUT2D eigenvalue weighted by Crippen LogP contribution is -2.01. The Bertz CT molecular complexity index is 608. The zero-order valence-corrected chi connectivity index (χ0v) is 9.24. The van der Waals surface area contributed by atoms with Crippen LogP contribution < -0.4 is 0 Å². The van der Waals surface area contributed by atoms with E-state index in [1.54, 1.807) is 30.3 Å². The monoisotopic (exact) mass is 243 g/mol. The molecule has 2 aromatic rings. The van der Waals surface area contributed by atoms with Gasteiger partial charge in [-0.1, -0.05) is 30.3 Å². The predicted molar refractivity (Wildman–Crippen MR) is 64.6 cm³/mol. The highest BCUT2D eigenvalue weighted by atomic mass is 16.6. The van der Waals surface area contributed by atoms with Crippen molar-refractivity contribution >= 4 is 11.5 Å². The topological polar surface area (TPSA) is 80.4 Å². The molecule has 0 radical (unpaired) electrons. The number of carbonyl (C=O) groups is 1. The molecule has 0 saturated heterocycles. The van der Waals surface area contributed by atoms with Gasteiger partial charge < -0.3 is 5.11 Å². The number of nitrogens with zero attached hydrogens (tertiary/aromatic N) is 1. The third-order valence-electron chi connectivity index (χ3n) is 2.47. The van der Waals surface area contributed by atoms with Gasteiger partial charge in [0.1, 0.15) is 0 Å². The average molecular weight is 243 g/mol. The molecule has 2 aromatic carbocycles. The molecule has 0 atom stereocenters. The Morgan fingerprint density at radius 3 is 2.33 bits per heavy atom. The quantitative estimate of drug-likeness (QED) is 0.510. The van der Waals surface area contributed by atoms with Gasteiger partial charge in [0.05, 0.1) is 4.92 Å². The highest BCUT2D eigenvalue weighted by Gasteiger charge is 2.17. The Balaban J connectivity index is 2.44. The largest absolute Gasteiger partial charge is 0.502 e. The predicted octanol–water partition coefficient (Wildman–Crippen LogP) is 2.53. The van der Waals surface area contributed by atoms with E-state index >= 15 is 0 Å². The zero-order chi connectivity index (χ0) is 13.1. The summed E-state index contributed by atoms with van der Waals surface area (Å²) in [5.41, 5.74) is 0.139. The van der Waals surface area contributed by atoms with Crippen molar-refractivity contribution in [2.24, 2.45) is 0 Å². The van der Waals surface area contributed by atoms with Gasteiger partial charge in [-0.3, -0.25) is 14.9 Å². The lowest BCUT2D eigenvalue weighted by atomic mass is 10.0. The third kappa shape index (κ3) is 2.20. The van der Waals surface area contributed by atoms with Gasteiger partial charge in [-0.05, 0) is 12.1 Å². The van der Waals surface area contributed by atoms with Crippen molar-refractivity contribution in [3.05, 3.63) is 69.8 Å². The van der Waals surface area contributed by atoms with Crippen LogP contribution in [0.15, 0.2) is 48.5 Å². The minimum Gasteiger partial charge on any atom is -0.502 e. The van der Waals surface area contributed by atoms with Crippen molar-refractivity contribution < 1.29 is 14.8 Å². The maximum Gasteiger partial charge on any atom is 0.311 e. The summed E-state index contributed by atoms with van der Waals surface area (Å²) >= 11 is 0. The molecule has 0 aromatic heterocycles. The summed E-state index contributed by atoms with van der Waals surface area (Å²) < 4.78 is 0. The summed E-state index contributed by atoms with van der Waals surface area (Å²) in [6, 6.07) is 12.0. The maximum atomic E-state index is 12.0. The van der Waals surface area contributed by atoms with Crippen LogP contribution >= 0.6 is 0 Å². The number of nitro benzene ring substituents is 1. The zero-order valence-electron chi connectivity index (χ0n) is 9.24. The highest BCUT2D eigenvalue weighted by molar-refractivity contribution is 6.09. The molecule has 0 heterocycles. The molecule has 1 N–H and O–H groups in total. The highest BCUT2D eigenvalue weighted by Crippen LogP contribution is 2.27. The van der Waals surface area contributed by atoms with Crippen LogP contribution in [0.1, 0.15) is 15.9 Å². The normalized spacial score (nSPS) is 10.0. The molecule has 0 unspecified atom stereocenters. The van der Waals surface area contributed by atoms with E-state index < -0.39 is 16.4 Å². The second-order valence-corrected chi connectivity index (χ2v) is 3.66. The molecule has 0 aliphatic carbocycles. The number of phenols is 1. The van der Waals surface area contributed by atoms with Gasteiger partial charge in [-0.15, -0.1) is 0 Å². The number of aromatic hydroxyl groups is 1. The Kier molecular flexibility index (Phi) is 3.05. The summed E-state index contributed by atoms with van der Waals surface area (Å²) in [6.07, 6.45) is 0. The van der Waals surface area contributed by atoms with Crippen molar-refractivity contribution in [1.82, 2.24) is 0 Å². The van der Waals surface area contributed by atoms with E-state index in [0.29, 0.717) is 5.56 Å². The SMILES string of the molecule is O=C(c1ccccc1)c1ccc(O)c([N+](=O)[O-])c1. The number of phenolic OH excluding ortho intramolecular Hbond substituents is 1. The van der Waals surface area contributed by atoms with Crippen LogP contribution in [0.2, 0.25) is 0 Å². The number of hydrogen-bond donors (Lipinski definition) is 1. The Morgan fingerprint density at radius 2 is 1.72 bits per heavy atom. The summed E-state index contributed by atoms with van der Waals surface area (Å²) in [6.45, 7) is 0. The third-order valence-corrected chi connectivity index (χ3v) is 2.47. The van der Waals surface area contributed by atoms with E-state index in [4.69, 9.17) is 0 Å². The molecule has 2 rings (SSSR count). The van der Waals surface area contributed by atoms with Crippen LogP contribution in [0.5, 0.6) is 5.75 Å². The standard InChI is InChI=1S/C13H9NO4/c15-12-7-6-10(8-11(12)14(17)18)13(16)9-4-2-1-3-5-9/h1-8,15H. The second kappa shape index (κ2) is 4.67. The van der Waals surface area contributed by atoms with Gasteiger partial charge in [0.15, 0.2) is 11.5 Å². The van der Waals surface area contributed by atoms with Crippen molar-refractivity contribution in [3.63, 3.8) is 0 Å². The molecule has 90 valence electrons. The first-order valence-electron chi connectivity index (χ1n) is 5.17. The van der Waals surface area contributed by atoms with Gasteiger partial charge in [-0.25, -0.2) is 0 Å².